The van der Waals surface area contributed by atoms with Crippen LogP contribution in [0.3, 0.4) is 0 Å². The molecule has 2 rings (SSSR count). The molecule has 20 heavy (non-hydrogen) atoms. The van der Waals surface area contributed by atoms with E-state index in [1.807, 2.05) is 24.3 Å². The molecule has 5 nitrogen and oxygen atoms in total. The number of nitrogens with one attached hydrogen (secondary N) is 1. The van der Waals surface area contributed by atoms with E-state index in [1.54, 1.807) is 12.1 Å². The van der Waals surface area contributed by atoms with Crippen molar-refractivity contribution in [2.24, 2.45) is 5.14 Å². The van der Waals surface area contributed by atoms with Crippen molar-refractivity contribution in [3.05, 3.63) is 48.0 Å². The number of rotatable bonds is 4. The number of anilines is 3. The number of nitrogens with two attached hydrogens (primary N) is 2. The fourth-order valence-electron chi connectivity index (χ4n) is 1.99. The summed E-state index contributed by atoms with van der Waals surface area (Å²) < 4.78 is 22.6. The van der Waals surface area contributed by atoms with E-state index in [2.05, 4.69) is 12.2 Å². The number of hydrogen-bond acceptors (Lipinski definition) is 4. The van der Waals surface area contributed by atoms with Crippen LogP contribution in [0.25, 0.3) is 0 Å². The highest BCUT2D eigenvalue weighted by atomic mass is 32.2. The minimum atomic E-state index is -3.79. The van der Waals surface area contributed by atoms with Crippen molar-refractivity contribution in [1.82, 2.24) is 0 Å². The average Bonchev–Trinajstić information content (AvgIpc) is 2.38. The SMILES string of the molecule is CCc1ccccc1Nc1ccc(S(N)(=O)=O)c(N)c1. The third-order valence-electron chi connectivity index (χ3n) is 2.99. The van der Waals surface area contributed by atoms with E-state index >= 15 is 0 Å². The van der Waals surface area contributed by atoms with Crippen LogP contribution in [0.15, 0.2) is 47.4 Å². The lowest BCUT2D eigenvalue weighted by atomic mass is 10.1. The Morgan fingerprint density at radius 2 is 1.85 bits per heavy atom. The van der Waals surface area contributed by atoms with Gasteiger partial charge in [-0.1, -0.05) is 25.1 Å². The number of sulfonamides is 1. The average molecular weight is 291 g/mol. The van der Waals surface area contributed by atoms with Crippen LogP contribution in [-0.4, -0.2) is 8.42 Å². The Morgan fingerprint density at radius 1 is 1.15 bits per heavy atom. The molecular weight excluding hydrogens is 274 g/mol. The number of benzene rings is 2. The van der Waals surface area contributed by atoms with E-state index in [9.17, 15) is 8.42 Å². The van der Waals surface area contributed by atoms with Crippen molar-refractivity contribution >= 4 is 27.1 Å². The van der Waals surface area contributed by atoms with Crippen LogP contribution in [0.1, 0.15) is 12.5 Å². The van der Waals surface area contributed by atoms with E-state index < -0.39 is 10.0 Å². The summed E-state index contributed by atoms with van der Waals surface area (Å²) in [5.41, 5.74) is 8.72. The van der Waals surface area contributed by atoms with Crippen LogP contribution in [0.5, 0.6) is 0 Å². The first-order valence-electron chi connectivity index (χ1n) is 6.19. The Kier molecular flexibility index (Phi) is 3.96. The summed E-state index contributed by atoms with van der Waals surface area (Å²) in [6.45, 7) is 2.07. The summed E-state index contributed by atoms with van der Waals surface area (Å²) in [5.74, 6) is 0. The van der Waals surface area contributed by atoms with Crippen molar-refractivity contribution in [3.63, 3.8) is 0 Å². The number of hydrogen-bond donors (Lipinski definition) is 3. The first-order chi connectivity index (χ1) is 9.41. The molecule has 106 valence electrons. The molecule has 0 spiro atoms. The second-order valence-corrected chi connectivity index (χ2v) is 5.96. The van der Waals surface area contributed by atoms with E-state index in [4.69, 9.17) is 10.9 Å². The van der Waals surface area contributed by atoms with Gasteiger partial charge < -0.3 is 11.1 Å². The summed E-state index contributed by atoms with van der Waals surface area (Å²) >= 11 is 0. The molecule has 0 amide bonds. The first kappa shape index (κ1) is 14.4. The third-order valence-corrected chi connectivity index (χ3v) is 3.98. The molecular formula is C14H17N3O2S. The molecule has 2 aromatic rings. The van der Waals surface area contributed by atoms with Gasteiger partial charge in [0.25, 0.3) is 0 Å². The molecule has 0 atom stereocenters. The first-order valence-corrected chi connectivity index (χ1v) is 7.73. The lowest BCUT2D eigenvalue weighted by molar-refractivity contribution is 0.598. The van der Waals surface area contributed by atoms with Gasteiger partial charge in [-0.3, -0.25) is 0 Å². The largest absolute Gasteiger partial charge is 0.398 e. The lowest BCUT2D eigenvalue weighted by Crippen LogP contribution is -2.14. The predicted molar refractivity (Wildman–Crippen MR) is 81.3 cm³/mol. The molecule has 0 radical (unpaired) electrons. The quantitative estimate of drug-likeness (QED) is 0.752. The maximum atomic E-state index is 11.3. The molecule has 2 aromatic carbocycles. The second-order valence-electron chi connectivity index (χ2n) is 4.43. The molecule has 6 heteroatoms. The van der Waals surface area contributed by atoms with Crippen LogP contribution in [0, 0.1) is 0 Å². The standard InChI is InChI=1S/C14H17N3O2S/c1-2-10-5-3-4-6-13(10)17-11-7-8-14(12(15)9-11)20(16,18)19/h3-9,17H,2,15H2,1H3,(H2,16,18,19). The molecule has 0 heterocycles. The van der Waals surface area contributed by atoms with Gasteiger partial charge in [0.1, 0.15) is 4.90 Å². The minimum Gasteiger partial charge on any atom is -0.398 e. The van der Waals surface area contributed by atoms with Crippen LogP contribution in [0.4, 0.5) is 17.1 Å². The van der Waals surface area contributed by atoms with Crippen molar-refractivity contribution in [1.29, 1.82) is 0 Å². The van der Waals surface area contributed by atoms with Gasteiger partial charge in [-0.05, 0) is 36.2 Å². The van der Waals surface area contributed by atoms with Gasteiger partial charge in [-0.25, -0.2) is 13.6 Å². The highest BCUT2D eigenvalue weighted by molar-refractivity contribution is 7.89. The van der Waals surface area contributed by atoms with E-state index in [1.165, 1.54) is 11.6 Å². The fourth-order valence-corrected chi connectivity index (χ4v) is 2.64. The van der Waals surface area contributed by atoms with Crippen LogP contribution in [-0.2, 0) is 16.4 Å². The minimum absolute atomic E-state index is 0.0631. The van der Waals surface area contributed by atoms with Gasteiger partial charge in [0.05, 0.1) is 5.69 Å². The molecule has 0 aromatic heterocycles. The smallest absolute Gasteiger partial charge is 0.240 e. The Hall–Kier alpha value is -2.05. The Balaban J connectivity index is 2.34. The Bertz CT molecular complexity index is 727. The lowest BCUT2D eigenvalue weighted by Gasteiger charge is -2.12. The van der Waals surface area contributed by atoms with Crippen molar-refractivity contribution < 1.29 is 8.42 Å². The topological polar surface area (TPSA) is 98.2 Å². The van der Waals surface area contributed by atoms with Gasteiger partial charge in [0.2, 0.25) is 10.0 Å². The zero-order valence-corrected chi connectivity index (χ0v) is 11.9. The summed E-state index contributed by atoms with van der Waals surface area (Å²) in [4.78, 5) is -0.0631. The van der Waals surface area contributed by atoms with Gasteiger partial charge >= 0.3 is 0 Å². The molecule has 0 aliphatic rings. The molecule has 0 fully saturated rings. The van der Waals surface area contributed by atoms with Gasteiger partial charge in [0, 0.05) is 11.4 Å². The zero-order valence-electron chi connectivity index (χ0n) is 11.1. The Labute approximate surface area is 118 Å². The number of primary sulfonamides is 1. The molecule has 0 unspecified atom stereocenters. The van der Waals surface area contributed by atoms with Crippen LogP contribution < -0.4 is 16.2 Å². The maximum absolute atomic E-state index is 11.3. The van der Waals surface area contributed by atoms with E-state index in [0.29, 0.717) is 0 Å². The van der Waals surface area contributed by atoms with E-state index in [0.717, 1.165) is 17.8 Å². The summed E-state index contributed by atoms with van der Waals surface area (Å²) in [7, 11) is -3.79. The normalized spacial score (nSPS) is 11.3. The van der Waals surface area contributed by atoms with Crippen molar-refractivity contribution in [2.45, 2.75) is 18.2 Å². The highest BCUT2D eigenvalue weighted by Gasteiger charge is 2.12. The number of para-hydroxylation sites is 1. The molecule has 0 saturated heterocycles. The highest BCUT2D eigenvalue weighted by Crippen LogP contribution is 2.26. The summed E-state index contributed by atoms with van der Waals surface area (Å²) in [5, 5.41) is 8.30. The van der Waals surface area contributed by atoms with Gasteiger partial charge in [-0.2, -0.15) is 0 Å². The molecule has 0 saturated carbocycles. The molecule has 0 bridgehead atoms. The van der Waals surface area contributed by atoms with E-state index in [-0.39, 0.29) is 10.6 Å². The Morgan fingerprint density at radius 3 is 2.45 bits per heavy atom. The monoisotopic (exact) mass is 291 g/mol. The van der Waals surface area contributed by atoms with Crippen molar-refractivity contribution in [3.8, 4) is 0 Å². The van der Waals surface area contributed by atoms with Crippen LogP contribution >= 0.6 is 0 Å². The van der Waals surface area contributed by atoms with Crippen molar-refractivity contribution in [2.75, 3.05) is 11.1 Å². The van der Waals surface area contributed by atoms with Gasteiger partial charge in [0.15, 0.2) is 0 Å². The predicted octanol–water partition coefficient (Wildman–Crippen LogP) is 2.22. The van der Waals surface area contributed by atoms with Gasteiger partial charge in [-0.15, -0.1) is 0 Å². The summed E-state index contributed by atoms with van der Waals surface area (Å²) in [6.07, 6.45) is 0.897. The number of aryl methyl sites for hydroxylation is 1. The maximum Gasteiger partial charge on any atom is 0.240 e. The molecule has 0 aliphatic heterocycles. The molecule has 0 aliphatic carbocycles. The zero-order chi connectivity index (χ0) is 14.8. The molecule has 5 N–H and O–H groups in total. The fraction of sp³-hybridized carbons (Fsp3) is 0.143. The second kappa shape index (κ2) is 5.52. The number of nitrogen functional groups attached to an aromatic ring is 1. The summed E-state index contributed by atoms with van der Waals surface area (Å²) in [6, 6.07) is 12.5. The third kappa shape index (κ3) is 3.09. The van der Waals surface area contributed by atoms with Crippen LogP contribution in [0.2, 0.25) is 0 Å².